The Morgan fingerprint density at radius 3 is 2.47 bits per heavy atom. The molecule has 0 saturated carbocycles. The monoisotopic (exact) mass is 296 g/mol. The van der Waals surface area contributed by atoms with E-state index in [1.54, 1.807) is 19.1 Å². The number of aliphatic hydroxyl groups is 1. The molecule has 2 rings (SSSR count). The summed E-state index contributed by atoms with van der Waals surface area (Å²) in [7, 11) is 0. The third kappa shape index (κ3) is 3.96. The molecule has 1 nitrogen and oxygen atoms in total. The van der Waals surface area contributed by atoms with E-state index in [-0.39, 0.29) is 5.82 Å². The molecule has 19 heavy (non-hydrogen) atoms. The fraction of sp³-hybridized carbons (Fsp3) is 0.200. The molecule has 1 atom stereocenters. The van der Waals surface area contributed by atoms with Gasteiger partial charge in [0.15, 0.2) is 0 Å². The van der Waals surface area contributed by atoms with Gasteiger partial charge in [0.1, 0.15) is 5.82 Å². The van der Waals surface area contributed by atoms with Gasteiger partial charge in [-0.1, -0.05) is 29.8 Å². The quantitative estimate of drug-likeness (QED) is 0.816. The zero-order valence-electron chi connectivity index (χ0n) is 10.4. The van der Waals surface area contributed by atoms with Gasteiger partial charge in [-0.2, -0.15) is 0 Å². The van der Waals surface area contributed by atoms with Crippen molar-refractivity contribution in [1.82, 2.24) is 0 Å². The van der Waals surface area contributed by atoms with Crippen LogP contribution in [0.2, 0.25) is 5.02 Å². The number of halogens is 2. The van der Waals surface area contributed by atoms with Crippen LogP contribution < -0.4 is 0 Å². The van der Waals surface area contributed by atoms with Crippen LogP contribution in [0.4, 0.5) is 4.39 Å². The largest absolute Gasteiger partial charge is 0.389 e. The fourth-order valence-electron chi connectivity index (χ4n) is 1.64. The van der Waals surface area contributed by atoms with Gasteiger partial charge in [-0.3, -0.25) is 0 Å². The summed E-state index contributed by atoms with van der Waals surface area (Å²) in [5.74, 6) is 0.389. The lowest BCUT2D eigenvalue weighted by Gasteiger charge is -2.08. The molecule has 100 valence electrons. The highest BCUT2D eigenvalue weighted by atomic mass is 35.5. The normalized spacial score (nSPS) is 12.4. The van der Waals surface area contributed by atoms with Gasteiger partial charge in [-0.25, -0.2) is 4.39 Å². The molecular formula is C15H14ClFOS. The van der Waals surface area contributed by atoms with Crippen LogP contribution in [0.25, 0.3) is 0 Å². The highest BCUT2D eigenvalue weighted by Crippen LogP contribution is 2.28. The van der Waals surface area contributed by atoms with E-state index in [2.05, 4.69) is 0 Å². The van der Waals surface area contributed by atoms with Crippen LogP contribution >= 0.6 is 23.4 Å². The van der Waals surface area contributed by atoms with Crippen LogP contribution in [-0.2, 0) is 5.75 Å². The van der Waals surface area contributed by atoms with E-state index in [1.807, 2.05) is 24.3 Å². The van der Waals surface area contributed by atoms with Crippen molar-refractivity contribution >= 4 is 23.4 Å². The summed E-state index contributed by atoms with van der Waals surface area (Å²) in [6.45, 7) is 1.62. The zero-order chi connectivity index (χ0) is 13.8. The molecule has 0 amide bonds. The summed E-state index contributed by atoms with van der Waals surface area (Å²) in [6.07, 6.45) is -0.648. The summed E-state index contributed by atoms with van der Waals surface area (Å²) >= 11 is 7.24. The van der Waals surface area contributed by atoms with Gasteiger partial charge in [-0.05, 0) is 42.3 Å². The highest BCUT2D eigenvalue weighted by Gasteiger charge is 2.07. The Bertz CT molecular complexity index is 555. The second kappa shape index (κ2) is 6.42. The summed E-state index contributed by atoms with van der Waals surface area (Å²) in [5, 5.41) is 10.1. The number of hydrogen-bond acceptors (Lipinski definition) is 2. The fourth-order valence-corrected chi connectivity index (χ4v) is 2.64. The Morgan fingerprint density at radius 1 is 1.21 bits per heavy atom. The van der Waals surface area contributed by atoms with Gasteiger partial charge in [0.2, 0.25) is 0 Å². The lowest BCUT2D eigenvalue weighted by atomic mass is 10.1. The third-order valence-electron chi connectivity index (χ3n) is 2.75. The van der Waals surface area contributed by atoms with E-state index < -0.39 is 6.10 Å². The summed E-state index contributed by atoms with van der Waals surface area (Å²) in [6, 6.07) is 12.3. The average molecular weight is 297 g/mol. The lowest BCUT2D eigenvalue weighted by Crippen LogP contribution is -1.93. The van der Waals surface area contributed by atoms with Gasteiger partial charge in [0.05, 0.1) is 6.10 Å². The van der Waals surface area contributed by atoms with Crippen LogP contribution in [-0.4, -0.2) is 5.11 Å². The first-order chi connectivity index (χ1) is 9.06. The second-order valence-electron chi connectivity index (χ2n) is 4.28. The SMILES string of the molecule is CC(O)c1ccc(SCc2ccc(Cl)cc2)c(F)c1. The molecule has 0 aliphatic heterocycles. The first kappa shape index (κ1) is 14.4. The Hall–Kier alpha value is -1.03. The van der Waals surface area contributed by atoms with Crippen molar-refractivity contribution in [2.75, 3.05) is 0 Å². The van der Waals surface area contributed by atoms with Gasteiger partial charge >= 0.3 is 0 Å². The van der Waals surface area contributed by atoms with Gasteiger partial charge < -0.3 is 5.11 Å². The number of aliphatic hydroxyl groups excluding tert-OH is 1. The Balaban J connectivity index is 2.05. The molecule has 0 aliphatic carbocycles. The lowest BCUT2D eigenvalue weighted by molar-refractivity contribution is 0.198. The van der Waals surface area contributed by atoms with Gasteiger partial charge in [0.25, 0.3) is 0 Å². The molecule has 2 aromatic rings. The first-order valence-corrected chi connectivity index (χ1v) is 7.27. The summed E-state index contributed by atoms with van der Waals surface area (Å²) < 4.78 is 13.8. The second-order valence-corrected chi connectivity index (χ2v) is 5.73. The topological polar surface area (TPSA) is 20.2 Å². The molecule has 0 heterocycles. The van der Waals surface area contributed by atoms with Crippen LogP contribution in [0.5, 0.6) is 0 Å². The molecule has 2 aromatic carbocycles. The van der Waals surface area contributed by atoms with Crippen LogP contribution in [0.1, 0.15) is 24.2 Å². The van der Waals surface area contributed by atoms with Crippen LogP contribution in [0, 0.1) is 5.82 Å². The molecule has 0 fully saturated rings. The maximum atomic E-state index is 13.8. The van der Waals surface area contributed by atoms with Crippen molar-refractivity contribution < 1.29 is 9.50 Å². The minimum absolute atomic E-state index is 0.294. The molecule has 1 unspecified atom stereocenters. The molecule has 0 aromatic heterocycles. The van der Waals surface area contributed by atoms with Gasteiger partial charge in [0, 0.05) is 15.7 Å². The molecule has 0 aliphatic rings. The number of hydrogen-bond donors (Lipinski definition) is 1. The highest BCUT2D eigenvalue weighted by molar-refractivity contribution is 7.98. The van der Waals surface area contributed by atoms with Crippen molar-refractivity contribution in [3.8, 4) is 0 Å². The maximum Gasteiger partial charge on any atom is 0.137 e. The Labute approximate surface area is 121 Å². The van der Waals surface area contributed by atoms with Crippen LogP contribution in [0.3, 0.4) is 0 Å². The molecule has 1 N–H and O–H groups in total. The van der Waals surface area contributed by atoms with Crippen molar-refractivity contribution in [2.24, 2.45) is 0 Å². The van der Waals surface area contributed by atoms with Crippen molar-refractivity contribution in [3.05, 3.63) is 64.4 Å². The van der Waals surface area contributed by atoms with E-state index in [0.717, 1.165) is 5.56 Å². The molecule has 4 heteroatoms. The molecule has 0 saturated heterocycles. The van der Waals surface area contributed by atoms with E-state index in [1.165, 1.54) is 17.8 Å². The van der Waals surface area contributed by atoms with E-state index in [4.69, 9.17) is 11.6 Å². The Kier molecular flexibility index (Phi) is 4.86. The predicted octanol–water partition coefficient (Wildman–Crippen LogP) is 4.82. The van der Waals surface area contributed by atoms with E-state index in [9.17, 15) is 9.50 Å². The van der Waals surface area contributed by atoms with E-state index in [0.29, 0.717) is 21.2 Å². The zero-order valence-corrected chi connectivity index (χ0v) is 12.0. The van der Waals surface area contributed by atoms with Crippen molar-refractivity contribution in [2.45, 2.75) is 23.7 Å². The van der Waals surface area contributed by atoms with Crippen LogP contribution in [0.15, 0.2) is 47.4 Å². The maximum absolute atomic E-state index is 13.8. The number of rotatable bonds is 4. The molecule has 0 radical (unpaired) electrons. The predicted molar refractivity (Wildman–Crippen MR) is 78.0 cm³/mol. The average Bonchev–Trinajstić information content (AvgIpc) is 2.39. The van der Waals surface area contributed by atoms with Crippen molar-refractivity contribution in [1.29, 1.82) is 0 Å². The smallest absolute Gasteiger partial charge is 0.137 e. The Morgan fingerprint density at radius 2 is 1.89 bits per heavy atom. The molecular weight excluding hydrogens is 283 g/mol. The third-order valence-corrected chi connectivity index (χ3v) is 4.12. The van der Waals surface area contributed by atoms with Crippen molar-refractivity contribution in [3.63, 3.8) is 0 Å². The minimum Gasteiger partial charge on any atom is -0.389 e. The standard InChI is InChI=1S/C15H14ClFOS/c1-10(18)12-4-7-15(14(17)8-12)19-9-11-2-5-13(16)6-3-11/h2-8,10,18H,9H2,1H3. The van der Waals surface area contributed by atoms with E-state index >= 15 is 0 Å². The molecule has 0 spiro atoms. The van der Waals surface area contributed by atoms with Gasteiger partial charge in [-0.15, -0.1) is 11.8 Å². The number of thioether (sulfide) groups is 1. The summed E-state index contributed by atoms with van der Waals surface area (Å²) in [5.41, 5.74) is 1.68. The molecule has 0 bridgehead atoms. The summed E-state index contributed by atoms with van der Waals surface area (Å²) in [4.78, 5) is 0.583. The minimum atomic E-state index is -0.648. The first-order valence-electron chi connectivity index (χ1n) is 5.91. The number of benzene rings is 2.